The highest BCUT2D eigenvalue weighted by atomic mass is 16.5. The zero-order valence-corrected chi connectivity index (χ0v) is 19.8. The summed E-state index contributed by atoms with van der Waals surface area (Å²) >= 11 is 0. The SMILES string of the molecule is CC1CCC(CNC(=O)OCC2c3ccccc3-c3ccccc32)(C(=O)N[C@@H](CO)C(=O)O)CC1. The Balaban J connectivity index is 1.41. The Kier molecular flexibility index (Phi) is 7.40. The molecule has 0 radical (unpaired) electrons. The summed E-state index contributed by atoms with van der Waals surface area (Å²) in [7, 11) is 0. The van der Waals surface area contributed by atoms with E-state index in [-0.39, 0.29) is 19.1 Å². The molecule has 8 nitrogen and oxygen atoms in total. The van der Waals surface area contributed by atoms with Crippen LogP contribution in [0.3, 0.4) is 0 Å². The molecule has 0 unspecified atom stereocenters. The van der Waals surface area contributed by atoms with E-state index in [1.165, 1.54) is 0 Å². The van der Waals surface area contributed by atoms with Gasteiger partial charge in [0.2, 0.25) is 5.91 Å². The molecular formula is C27H32N2O6. The van der Waals surface area contributed by atoms with Gasteiger partial charge in [0.25, 0.3) is 0 Å². The van der Waals surface area contributed by atoms with Crippen LogP contribution in [0.4, 0.5) is 4.79 Å². The van der Waals surface area contributed by atoms with Crippen molar-refractivity contribution in [2.24, 2.45) is 11.3 Å². The Morgan fingerprint density at radius 2 is 1.60 bits per heavy atom. The van der Waals surface area contributed by atoms with E-state index < -0.39 is 36.0 Å². The maximum atomic E-state index is 13.1. The van der Waals surface area contributed by atoms with Crippen LogP contribution < -0.4 is 10.6 Å². The minimum atomic E-state index is -1.38. The summed E-state index contributed by atoms with van der Waals surface area (Å²) in [6.45, 7) is 1.61. The third-order valence-electron chi connectivity index (χ3n) is 7.41. The van der Waals surface area contributed by atoms with Crippen LogP contribution in [0.25, 0.3) is 11.1 Å². The average Bonchev–Trinajstić information content (AvgIpc) is 3.19. The van der Waals surface area contributed by atoms with Crippen LogP contribution in [0.5, 0.6) is 0 Å². The van der Waals surface area contributed by atoms with Crippen LogP contribution in [0.15, 0.2) is 48.5 Å². The molecule has 35 heavy (non-hydrogen) atoms. The highest BCUT2D eigenvalue weighted by Gasteiger charge is 2.42. The Morgan fingerprint density at radius 3 is 2.14 bits per heavy atom. The molecule has 0 heterocycles. The van der Waals surface area contributed by atoms with Crippen molar-refractivity contribution >= 4 is 18.0 Å². The highest BCUT2D eigenvalue weighted by Crippen LogP contribution is 2.44. The second-order valence-corrected chi connectivity index (χ2v) is 9.69. The Hall–Kier alpha value is -3.39. The smallest absolute Gasteiger partial charge is 0.407 e. The van der Waals surface area contributed by atoms with Crippen molar-refractivity contribution in [1.82, 2.24) is 10.6 Å². The van der Waals surface area contributed by atoms with E-state index >= 15 is 0 Å². The molecule has 0 aliphatic heterocycles. The fraction of sp³-hybridized carbons (Fsp3) is 0.444. The number of carboxylic acid groups (broad SMARTS) is 1. The Labute approximate surface area is 204 Å². The average molecular weight is 481 g/mol. The number of fused-ring (bicyclic) bond motifs is 3. The summed E-state index contributed by atoms with van der Waals surface area (Å²) in [5.74, 6) is -1.39. The normalized spacial score (nSPS) is 21.9. The van der Waals surface area contributed by atoms with Gasteiger partial charge in [0.05, 0.1) is 12.0 Å². The molecule has 0 spiro atoms. The van der Waals surface area contributed by atoms with Crippen molar-refractivity contribution in [2.45, 2.75) is 44.6 Å². The van der Waals surface area contributed by atoms with Gasteiger partial charge in [0.15, 0.2) is 0 Å². The number of ether oxygens (including phenoxy) is 1. The van der Waals surface area contributed by atoms with Gasteiger partial charge in [0.1, 0.15) is 12.6 Å². The van der Waals surface area contributed by atoms with Crippen molar-refractivity contribution in [3.05, 3.63) is 59.7 Å². The maximum absolute atomic E-state index is 13.1. The summed E-state index contributed by atoms with van der Waals surface area (Å²) in [4.78, 5) is 37.1. The minimum absolute atomic E-state index is 0.0417. The number of hydrogen-bond acceptors (Lipinski definition) is 5. The van der Waals surface area contributed by atoms with Gasteiger partial charge in [-0.1, -0.05) is 55.5 Å². The maximum Gasteiger partial charge on any atom is 0.407 e. The van der Waals surface area contributed by atoms with Crippen molar-refractivity contribution in [3.63, 3.8) is 0 Å². The van der Waals surface area contributed by atoms with Crippen molar-refractivity contribution in [1.29, 1.82) is 0 Å². The first-order valence-corrected chi connectivity index (χ1v) is 12.1. The van der Waals surface area contributed by atoms with Gasteiger partial charge < -0.3 is 25.6 Å². The van der Waals surface area contributed by atoms with E-state index in [9.17, 15) is 24.6 Å². The monoisotopic (exact) mass is 480 g/mol. The molecule has 2 amide bonds. The van der Waals surface area contributed by atoms with Gasteiger partial charge >= 0.3 is 12.1 Å². The minimum Gasteiger partial charge on any atom is -0.480 e. The quantitative estimate of drug-likeness (QED) is 0.460. The van der Waals surface area contributed by atoms with Gasteiger partial charge in [0, 0.05) is 12.5 Å². The fourth-order valence-electron chi connectivity index (χ4n) is 5.19. The standard InChI is InChI=1S/C27H32N2O6/c1-17-10-12-27(13-11-17,25(33)29-23(14-30)24(31)32)16-28-26(34)35-15-22-20-8-4-2-6-18(20)19-7-3-5-9-21(19)22/h2-9,17,22-23,30H,10-16H2,1H3,(H,28,34)(H,29,33)(H,31,32)/t17?,23-,27?/m0/s1. The number of aliphatic hydroxyl groups is 1. The van der Waals surface area contributed by atoms with Crippen molar-refractivity contribution in [3.8, 4) is 11.1 Å². The largest absolute Gasteiger partial charge is 0.480 e. The second kappa shape index (κ2) is 10.5. The summed E-state index contributed by atoms with van der Waals surface area (Å²) in [5, 5.41) is 23.7. The van der Waals surface area contributed by atoms with E-state index in [1.54, 1.807) is 0 Å². The van der Waals surface area contributed by atoms with E-state index in [1.807, 2.05) is 36.4 Å². The van der Waals surface area contributed by atoms with Crippen LogP contribution in [-0.4, -0.2) is 54.0 Å². The summed E-state index contributed by atoms with van der Waals surface area (Å²) in [6.07, 6.45) is 1.99. The van der Waals surface area contributed by atoms with Gasteiger partial charge in [-0.25, -0.2) is 9.59 Å². The third-order valence-corrected chi connectivity index (χ3v) is 7.41. The van der Waals surface area contributed by atoms with Crippen LogP contribution in [0, 0.1) is 11.3 Å². The zero-order valence-electron chi connectivity index (χ0n) is 19.8. The summed E-state index contributed by atoms with van der Waals surface area (Å²) in [6, 6.07) is 14.8. The molecule has 2 aliphatic carbocycles. The number of aliphatic carboxylic acids is 1. The lowest BCUT2D eigenvalue weighted by molar-refractivity contribution is -0.145. The molecule has 2 aliphatic rings. The molecule has 186 valence electrons. The third kappa shape index (κ3) is 5.17. The lowest BCUT2D eigenvalue weighted by Gasteiger charge is -2.38. The van der Waals surface area contributed by atoms with Gasteiger partial charge in [-0.2, -0.15) is 0 Å². The van der Waals surface area contributed by atoms with Crippen LogP contribution in [0.2, 0.25) is 0 Å². The van der Waals surface area contributed by atoms with Crippen molar-refractivity contribution in [2.75, 3.05) is 19.8 Å². The highest BCUT2D eigenvalue weighted by molar-refractivity contribution is 5.88. The molecule has 1 atom stereocenters. The molecule has 1 saturated carbocycles. The fourth-order valence-corrected chi connectivity index (χ4v) is 5.19. The topological polar surface area (TPSA) is 125 Å². The predicted octanol–water partition coefficient (Wildman–Crippen LogP) is 3.28. The number of aliphatic hydroxyl groups excluding tert-OH is 1. The zero-order chi connectivity index (χ0) is 25.0. The number of carboxylic acids is 1. The molecule has 2 aromatic rings. The number of hydrogen-bond donors (Lipinski definition) is 4. The number of rotatable bonds is 8. The van der Waals surface area contributed by atoms with Gasteiger partial charge in [-0.3, -0.25) is 4.79 Å². The molecule has 0 aromatic heterocycles. The van der Waals surface area contributed by atoms with E-state index in [0.717, 1.165) is 35.1 Å². The first kappa shape index (κ1) is 24.7. The number of nitrogens with one attached hydrogen (secondary N) is 2. The molecule has 4 rings (SSSR count). The molecule has 0 bridgehead atoms. The first-order chi connectivity index (χ1) is 16.8. The Bertz CT molecular complexity index is 1050. The number of amides is 2. The van der Waals surface area contributed by atoms with Crippen LogP contribution in [0.1, 0.15) is 49.7 Å². The molecule has 0 saturated heterocycles. The first-order valence-electron chi connectivity index (χ1n) is 12.1. The lowest BCUT2D eigenvalue weighted by atomic mass is 9.70. The second-order valence-electron chi connectivity index (χ2n) is 9.69. The van der Waals surface area contributed by atoms with Crippen molar-refractivity contribution < 1.29 is 29.3 Å². The van der Waals surface area contributed by atoms with E-state index in [2.05, 4.69) is 29.7 Å². The molecule has 4 N–H and O–H groups in total. The summed E-state index contributed by atoms with van der Waals surface area (Å²) in [5.41, 5.74) is 3.56. The Morgan fingerprint density at radius 1 is 1.03 bits per heavy atom. The molecule has 2 aromatic carbocycles. The predicted molar refractivity (Wildman–Crippen MR) is 130 cm³/mol. The number of carbonyl (C=O) groups excluding carboxylic acids is 2. The van der Waals surface area contributed by atoms with E-state index in [4.69, 9.17) is 4.74 Å². The van der Waals surface area contributed by atoms with Gasteiger partial charge in [-0.15, -0.1) is 0 Å². The molecular weight excluding hydrogens is 448 g/mol. The van der Waals surface area contributed by atoms with E-state index in [0.29, 0.717) is 18.8 Å². The van der Waals surface area contributed by atoms with Crippen LogP contribution >= 0.6 is 0 Å². The van der Waals surface area contributed by atoms with Gasteiger partial charge in [-0.05, 0) is 53.9 Å². The number of benzene rings is 2. The lowest BCUT2D eigenvalue weighted by Crippen LogP contribution is -2.54. The molecule has 1 fully saturated rings. The summed E-state index contributed by atoms with van der Waals surface area (Å²) < 4.78 is 5.60. The molecule has 8 heteroatoms. The number of alkyl carbamates (subject to hydrolysis) is 1. The number of carbonyl (C=O) groups is 3. The van der Waals surface area contributed by atoms with Crippen LogP contribution in [-0.2, 0) is 14.3 Å².